The highest BCUT2D eigenvalue weighted by Crippen LogP contribution is 2.26. The lowest BCUT2D eigenvalue weighted by Crippen LogP contribution is -2.15. The van der Waals surface area contributed by atoms with Gasteiger partial charge in [-0.15, -0.1) is 5.10 Å². The van der Waals surface area contributed by atoms with Crippen molar-refractivity contribution in [2.45, 2.75) is 13.0 Å². The number of ether oxygens (including phenoxy) is 1. The number of imidazole rings is 1. The summed E-state index contributed by atoms with van der Waals surface area (Å²) in [5.74, 6) is 1.49. The summed E-state index contributed by atoms with van der Waals surface area (Å²) in [6, 6.07) is 7.65. The van der Waals surface area contributed by atoms with Gasteiger partial charge in [-0.05, 0) is 38.7 Å². The fourth-order valence-corrected chi connectivity index (χ4v) is 3.48. The van der Waals surface area contributed by atoms with Gasteiger partial charge in [0, 0.05) is 24.4 Å². The molecule has 9 heteroatoms. The predicted molar refractivity (Wildman–Crippen MR) is 109 cm³/mol. The Labute approximate surface area is 166 Å². The van der Waals surface area contributed by atoms with Crippen LogP contribution in [0.5, 0.6) is 5.88 Å². The van der Waals surface area contributed by atoms with E-state index in [-0.39, 0.29) is 0 Å². The first-order valence-corrected chi connectivity index (χ1v) is 9.85. The number of furan rings is 1. The smallest absolute Gasteiger partial charge is 0.214 e. The van der Waals surface area contributed by atoms with Crippen molar-refractivity contribution in [2.24, 2.45) is 0 Å². The molecule has 0 amide bonds. The highest BCUT2D eigenvalue weighted by atomic mass is 32.1. The quantitative estimate of drug-likeness (QED) is 0.433. The summed E-state index contributed by atoms with van der Waals surface area (Å²) in [7, 11) is 4.10. The summed E-state index contributed by atoms with van der Waals surface area (Å²) in [6.07, 6.45) is 6.22. The Bertz CT molecular complexity index is 1010. The Morgan fingerprint density at radius 3 is 2.89 bits per heavy atom. The van der Waals surface area contributed by atoms with E-state index in [9.17, 15) is 0 Å². The second-order valence-electron chi connectivity index (χ2n) is 6.57. The first kappa shape index (κ1) is 18.5. The van der Waals surface area contributed by atoms with Gasteiger partial charge in [0.15, 0.2) is 0 Å². The Morgan fingerprint density at radius 2 is 2.14 bits per heavy atom. The van der Waals surface area contributed by atoms with E-state index in [2.05, 4.69) is 39.4 Å². The van der Waals surface area contributed by atoms with Crippen molar-refractivity contribution in [3.05, 3.63) is 48.7 Å². The molecular weight excluding hydrogens is 376 g/mol. The van der Waals surface area contributed by atoms with E-state index in [1.54, 1.807) is 12.5 Å². The van der Waals surface area contributed by atoms with E-state index in [4.69, 9.17) is 9.15 Å². The van der Waals surface area contributed by atoms with E-state index < -0.39 is 0 Å². The van der Waals surface area contributed by atoms with Crippen molar-refractivity contribution in [2.75, 3.05) is 32.6 Å². The minimum Gasteiger partial charge on any atom is -0.478 e. The molecule has 4 rings (SSSR count). The number of nitrogens with zero attached hydrogens (tertiary/aromatic N) is 5. The molecule has 1 N–H and O–H groups in total. The normalized spacial score (nSPS) is 11.4. The van der Waals surface area contributed by atoms with Crippen LogP contribution in [0.15, 0.2) is 47.3 Å². The molecule has 0 spiro atoms. The molecule has 0 saturated carbocycles. The number of rotatable bonds is 9. The minimum absolute atomic E-state index is 0.584. The highest BCUT2D eigenvalue weighted by molar-refractivity contribution is 7.20. The van der Waals surface area contributed by atoms with E-state index in [1.807, 2.05) is 35.0 Å². The lowest BCUT2D eigenvalue weighted by Gasteiger charge is -2.09. The zero-order chi connectivity index (χ0) is 19.3. The first-order valence-electron chi connectivity index (χ1n) is 9.04. The zero-order valence-corrected chi connectivity index (χ0v) is 16.6. The van der Waals surface area contributed by atoms with E-state index in [0.29, 0.717) is 19.0 Å². The van der Waals surface area contributed by atoms with Crippen LogP contribution >= 0.6 is 11.3 Å². The summed E-state index contributed by atoms with van der Waals surface area (Å²) in [6.45, 7) is 2.23. The number of anilines is 1. The number of hydrogen-bond acceptors (Lipinski definition) is 8. The molecule has 0 saturated heterocycles. The predicted octanol–water partition coefficient (Wildman–Crippen LogP) is 3.39. The summed E-state index contributed by atoms with van der Waals surface area (Å²) < 4.78 is 12.8. The van der Waals surface area contributed by atoms with Crippen LogP contribution in [0.4, 0.5) is 5.13 Å². The molecule has 0 bridgehead atoms. The monoisotopic (exact) mass is 398 g/mol. The summed E-state index contributed by atoms with van der Waals surface area (Å²) in [5.41, 5.74) is 1.83. The van der Waals surface area contributed by atoms with Crippen molar-refractivity contribution in [3.8, 4) is 17.1 Å². The van der Waals surface area contributed by atoms with Crippen molar-refractivity contribution < 1.29 is 9.15 Å². The van der Waals surface area contributed by atoms with Crippen LogP contribution in [0.1, 0.15) is 12.2 Å². The lowest BCUT2D eigenvalue weighted by atomic mass is 10.2. The van der Waals surface area contributed by atoms with Gasteiger partial charge in [-0.2, -0.15) is 0 Å². The first-order chi connectivity index (χ1) is 13.7. The maximum Gasteiger partial charge on any atom is 0.214 e. The van der Waals surface area contributed by atoms with Gasteiger partial charge < -0.3 is 19.4 Å². The molecular formula is C19H22N6O2S. The maximum absolute atomic E-state index is 5.70. The molecule has 0 aliphatic heterocycles. The number of pyridine rings is 1. The van der Waals surface area contributed by atoms with Crippen LogP contribution in [0, 0.1) is 0 Å². The fourth-order valence-electron chi connectivity index (χ4n) is 2.71. The van der Waals surface area contributed by atoms with Crippen LogP contribution < -0.4 is 10.1 Å². The fraction of sp³-hybridized carbons (Fsp3) is 0.316. The molecule has 0 aliphatic rings. The third kappa shape index (κ3) is 4.32. The summed E-state index contributed by atoms with van der Waals surface area (Å²) in [4.78, 5) is 11.8. The van der Waals surface area contributed by atoms with Crippen LogP contribution in [-0.2, 0) is 6.54 Å². The van der Waals surface area contributed by atoms with Crippen LogP contribution in [0.3, 0.4) is 0 Å². The number of hydrogen-bond donors (Lipinski definition) is 1. The van der Waals surface area contributed by atoms with E-state index in [0.717, 1.165) is 40.1 Å². The molecule has 8 nitrogen and oxygen atoms in total. The Kier molecular flexibility index (Phi) is 5.54. The Balaban J connectivity index is 1.42. The van der Waals surface area contributed by atoms with Gasteiger partial charge in [0.2, 0.25) is 16.0 Å². The molecule has 0 atom stereocenters. The highest BCUT2D eigenvalue weighted by Gasteiger charge is 2.12. The van der Waals surface area contributed by atoms with Crippen LogP contribution in [-0.4, -0.2) is 51.7 Å². The second-order valence-corrected chi connectivity index (χ2v) is 7.52. The topological polar surface area (TPSA) is 80.7 Å². The zero-order valence-electron chi connectivity index (χ0n) is 15.8. The number of aromatic nitrogens is 4. The second kappa shape index (κ2) is 8.41. The number of fused-ring (bicyclic) bond motifs is 1. The molecule has 146 valence electrons. The van der Waals surface area contributed by atoms with Crippen molar-refractivity contribution >= 4 is 21.4 Å². The molecule has 4 aromatic rings. The summed E-state index contributed by atoms with van der Waals surface area (Å²) in [5, 5.41) is 8.65. The SMILES string of the molecule is CN(C)CCCOc1ccc(-c2cnc3sc(NCc4ccco4)nn23)cn1. The van der Waals surface area contributed by atoms with Gasteiger partial charge in [0.25, 0.3) is 0 Å². The molecule has 0 radical (unpaired) electrons. The molecule has 0 unspecified atom stereocenters. The average molecular weight is 398 g/mol. The summed E-state index contributed by atoms with van der Waals surface area (Å²) >= 11 is 1.49. The van der Waals surface area contributed by atoms with E-state index >= 15 is 0 Å². The lowest BCUT2D eigenvalue weighted by molar-refractivity contribution is 0.273. The number of nitrogens with one attached hydrogen (secondary N) is 1. The maximum atomic E-state index is 5.70. The van der Waals surface area contributed by atoms with Crippen LogP contribution in [0.2, 0.25) is 0 Å². The van der Waals surface area contributed by atoms with Gasteiger partial charge in [-0.1, -0.05) is 11.3 Å². The largest absolute Gasteiger partial charge is 0.478 e. The molecule has 4 heterocycles. The molecule has 0 fully saturated rings. The molecule has 4 aromatic heterocycles. The van der Waals surface area contributed by atoms with Gasteiger partial charge in [-0.25, -0.2) is 14.5 Å². The third-order valence-electron chi connectivity index (χ3n) is 4.11. The molecule has 28 heavy (non-hydrogen) atoms. The van der Waals surface area contributed by atoms with Crippen LogP contribution in [0.25, 0.3) is 16.2 Å². The average Bonchev–Trinajstić information content (AvgIpc) is 3.41. The standard InChI is InChI=1S/C19H22N6O2S/c1-24(2)8-4-10-27-17-7-6-14(11-20-17)16-13-22-19-25(16)23-18(28-19)21-12-15-5-3-9-26-15/h3,5-7,9,11,13H,4,8,10,12H2,1-2H3,(H,21,23). The third-order valence-corrected chi connectivity index (χ3v) is 4.99. The Morgan fingerprint density at radius 1 is 1.21 bits per heavy atom. The van der Waals surface area contributed by atoms with Gasteiger partial charge >= 0.3 is 0 Å². The molecule has 0 aliphatic carbocycles. The molecule has 0 aromatic carbocycles. The van der Waals surface area contributed by atoms with E-state index in [1.165, 1.54) is 11.3 Å². The van der Waals surface area contributed by atoms with Gasteiger partial charge in [0.05, 0.1) is 31.3 Å². The van der Waals surface area contributed by atoms with Crippen molar-refractivity contribution in [1.29, 1.82) is 0 Å². The Hall–Kier alpha value is -2.91. The van der Waals surface area contributed by atoms with Crippen molar-refractivity contribution in [3.63, 3.8) is 0 Å². The van der Waals surface area contributed by atoms with Gasteiger partial charge in [0.1, 0.15) is 5.76 Å². The minimum atomic E-state index is 0.584. The van der Waals surface area contributed by atoms with Crippen molar-refractivity contribution in [1.82, 2.24) is 24.5 Å². The van der Waals surface area contributed by atoms with Gasteiger partial charge in [-0.3, -0.25) is 0 Å².